The van der Waals surface area contributed by atoms with Gasteiger partial charge in [0.05, 0.1) is 0 Å². The Morgan fingerprint density at radius 3 is 1.14 bits per heavy atom. The Morgan fingerprint density at radius 1 is 0.429 bits per heavy atom. The molecule has 0 radical (unpaired) electrons. The van der Waals surface area contributed by atoms with E-state index in [4.69, 9.17) is 4.43 Å². The molecule has 0 aromatic carbocycles. The Kier molecular flexibility index (Phi) is 22.0. The van der Waals surface area contributed by atoms with Gasteiger partial charge in [0.2, 0.25) is 0 Å². The van der Waals surface area contributed by atoms with Crippen molar-refractivity contribution in [1.29, 1.82) is 0 Å². The minimum Gasteiger partial charge on any atom is -0.417 e. The second-order valence-electron chi connectivity index (χ2n) is 9.72. The third-order valence-electron chi connectivity index (χ3n) is 6.12. The van der Waals surface area contributed by atoms with Gasteiger partial charge in [-0.3, -0.25) is 0 Å². The molecule has 0 fully saturated rings. The van der Waals surface area contributed by atoms with Gasteiger partial charge in [-0.05, 0) is 25.6 Å². The third-order valence-corrected chi connectivity index (χ3v) is 8.67. The van der Waals surface area contributed by atoms with Crippen LogP contribution in [0.3, 0.4) is 0 Å². The Hall–Kier alpha value is 0.177. The van der Waals surface area contributed by atoms with Crippen LogP contribution in [-0.2, 0) is 4.43 Å². The first kappa shape index (κ1) is 28.2. The number of unbranched alkanes of at least 4 members (excludes halogenated alkanes) is 18. The standard InChI is InChI=1S/C26H56OSi/c1-5-7-9-11-12-13-14-15-16-17-18-19-20-21-22-24-26-28(3,4)27-25-23-10-8-6-2/h5-26H2,1-4H3. The summed E-state index contributed by atoms with van der Waals surface area (Å²) in [4.78, 5) is 0. The summed E-state index contributed by atoms with van der Waals surface area (Å²) in [5, 5.41) is 0. The Labute approximate surface area is 180 Å². The largest absolute Gasteiger partial charge is 0.417 e. The van der Waals surface area contributed by atoms with Crippen LogP contribution in [0.25, 0.3) is 0 Å². The fourth-order valence-corrected chi connectivity index (χ4v) is 5.99. The van der Waals surface area contributed by atoms with Gasteiger partial charge in [-0.2, -0.15) is 0 Å². The van der Waals surface area contributed by atoms with Gasteiger partial charge in [-0.15, -0.1) is 0 Å². The van der Waals surface area contributed by atoms with Gasteiger partial charge in [0, 0.05) is 6.61 Å². The average Bonchev–Trinajstić information content (AvgIpc) is 2.67. The first-order chi connectivity index (χ1) is 13.6. The highest BCUT2D eigenvalue weighted by Crippen LogP contribution is 2.19. The van der Waals surface area contributed by atoms with E-state index in [1.54, 1.807) is 0 Å². The van der Waals surface area contributed by atoms with Crippen LogP contribution in [0, 0.1) is 0 Å². The van der Waals surface area contributed by atoms with Gasteiger partial charge < -0.3 is 4.43 Å². The van der Waals surface area contributed by atoms with Crippen molar-refractivity contribution in [3.8, 4) is 0 Å². The van der Waals surface area contributed by atoms with E-state index >= 15 is 0 Å². The molecule has 0 atom stereocenters. The van der Waals surface area contributed by atoms with E-state index in [0.29, 0.717) is 0 Å². The Morgan fingerprint density at radius 2 is 0.750 bits per heavy atom. The van der Waals surface area contributed by atoms with Crippen molar-refractivity contribution in [3.05, 3.63) is 0 Å². The van der Waals surface area contributed by atoms with E-state index < -0.39 is 8.32 Å². The molecule has 0 N–H and O–H groups in total. The molecular weight excluding hydrogens is 356 g/mol. The van der Waals surface area contributed by atoms with Gasteiger partial charge in [-0.25, -0.2) is 0 Å². The number of rotatable bonds is 23. The zero-order valence-electron chi connectivity index (χ0n) is 20.5. The third kappa shape index (κ3) is 22.5. The maximum atomic E-state index is 6.24. The summed E-state index contributed by atoms with van der Waals surface area (Å²) in [5.41, 5.74) is 0. The highest BCUT2D eigenvalue weighted by Gasteiger charge is 2.21. The number of hydrogen-bond acceptors (Lipinski definition) is 1. The van der Waals surface area contributed by atoms with Crippen molar-refractivity contribution in [2.75, 3.05) is 6.61 Å². The van der Waals surface area contributed by atoms with E-state index in [9.17, 15) is 0 Å². The number of hydrogen-bond donors (Lipinski definition) is 0. The molecule has 1 nitrogen and oxygen atoms in total. The normalized spacial score (nSPS) is 12.0. The summed E-state index contributed by atoms with van der Waals surface area (Å²) in [6, 6.07) is 1.36. The van der Waals surface area contributed by atoms with E-state index in [0.717, 1.165) is 6.61 Å². The highest BCUT2D eigenvalue weighted by molar-refractivity contribution is 6.71. The molecule has 0 amide bonds. The maximum Gasteiger partial charge on any atom is 0.186 e. The molecule has 0 aromatic heterocycles. The van der Waals surface area contributed by atoms with Crippen LogP contribution >= 0.6 is 0 Å². The van der Waals surface area contributed by atoms with Crippen LogP contribution in [0.2, 0.25) is 19.1 Å². The fraction of sp³-hybridized carbons (Fsp3) is 1.00. The second-order valence-corrected chi connectivity index (χ2v) is 14.0. The maximum absolute atomic E-state index is 6.24. The van der Waals surface area contributed by atoms with Crippen LogP contribution in [0.4, 0.5) is 0 Å². The van der Waals surface area contributed by atoms with Crippen molar-refractivity contribution < 1.29 is 4.43 Å². The molecule has 0 aliphatic heterocycles. The molecule has 0 rings (SSSR count). The van der Waals surface area contributed by atoms with E-state index in [1.165, 1.54) is 134 Å². The lowest BCUT2D eigenvalue weighted by molar-refractivity contribution is 0.293. The van der Waals surface area contributed by atoms with Crippen LogP contribution < -0.4 is 0 Å². The minimum absolute atomic E-state index is 1.01. The smallest absolute Gasteiger partial charge is 0.186 e. The lowest BCUT2D eigenvalue weighted by atomic mass is 10.0. The first-order valence-electron chi connectivity index (χ1n) is 13.3. The summed E-state index contributed by atoms with van der Waals surface area (Å²) in [6.45, 7) is 10.4. The predicted molar refractivity (Wildman–Crippen MR) is 132 cm³/mol. The molecule has 170 valence electrons. The molecule has 0 spiro atoms. The Balaban J connectivity index is 3.22. The molecular formula is C26H56OSi. The summed E-state index contributed by atoms with van der Waals surface area (Å²) < 4.78 is 6.24. The van der Waals surface area contributed by atoms with Crippen molar-refractivity contribution in [2.45, 2.75) is 161 Å². The summed E-state index contributed by atoms with van der Waals surface area (Å²) in [6.07, 6.45) is 28.5. The SMILES string of the molecule is CCCCCCCCCCCCCCCCCC[Si](C)(C)OCCCCCC. The topological polar surface area (TPSA) is 9.23 Å². The van der Waals surface area contributed by atoms with Crippen LogP contribution in [0.5, 0.6) is 0 Å². The minimum atomic E-state index is -1.37. The van der Waals surface area contributed by atoms with Crippen molar-refractivity contribution in [2.24, 2.45) is 0 Å². The molecule has 0 aliphatic rings. The summed E-state index contributed by atoms with van der Waals surface area (Å²) in [7, 11) is -1.37. The summed E-state index contributed by atoms with van der Waals surface area (Å²) in [5.74, 6) is 0. The predicted octanol–water partition coefficient (Wildman–Crippen LogP) is 10.0. The van der Waals surface area contributed by atoms with Gasteiger partial charge in [-0.1, -0.05) is 136 Å². The fourth-order valence-electron chi connectivity index (χ4n) is 4.05. The van der Waals surface area contributed by atoms with Crippen LogP contribution in [0.15, 0.2) is 0 Å². The van der Waals surface area contributed by atoms with Crippen LogP contribution in [0.1, 0.15) is 142 Å². The second kappa shape index (κ2) is 21.9. The average molecular weight is 413 g/mol. The molecule has 0 saturated carbocycles. The molecule has 28 heavy (non-hydrogen) atoms. The van der Waals surface area contributed by atoms with E-state index in [-0.39, 0.29) is 0 Å². The van der Waals surface area contributed by atoms with Gasteiger partial charge in [0.25, 0.3) is 0 Å². The summed E-state index contributed by atoms with van der Waals surface area (Å²) >= 11 is 0. The lowest BCUT2D eigenvalue weighted by Gasteiger charge is -2.22. The molecule has 0 heterocycles. The van der Waals surface area contributed by atoms with E-state index in [2.05, 4.69) is 26.9 Å². The molecule has 0 unspecified atom stereocenters. The molecule has 0 bridgehead atoms. The lowest BCUT2D eigenvalue weighted by Crippen LogP contribution is -2.30. The molecule has 0 aliphatic carbocycles. The van der Waals surface area contributed by atoms with Gasteiger partial charge in [0.15, 0.2) is 8.32 Å². The van der Waals surface area contributed by atoms with E-state index in [1.807, 2.05) is 0 Å². The van der Waals surface area contributed by atoms with Crippen molar-refractivity contribution in [1.82, 2.24) is 0 Å². The zero-order chi connectivity index (χ0) is 20.8. The first-order valence-corrected chi connectivity index (χ1v) is 16.4. The van der Waals surface area contributed by atoms with Crippen molar-refractivity contribution >= 4 is 8.32 Å². The van der Waals surface area contributed by atoms with Gasteiger partial charge in [0.1, 0.15) is 0 Å². The zero-order valence-corrected chi connectivity index (χ0v) is 21.5. The highest BCUT2D eigenvalue weighted by atomic mass is 28.4. The molecule has 0 saturated heterocycles. The van der Waals surface area contributed by atoms with Gasteiger partial charge >= 0.3 is 0 Å². The quantitative estimate of drug-likeness (QED) is 0.120. The monoisotopic (exact) mass is 412 g/mol. The molecule has 0 aromatic rings. The van der Waals surface area contributed by atoms with Crippen molar-refractivity contribution in [3.63, 3.8) is 0 Å². The van der Waals surface area contributed by atoms with Crippen LogP contribution in [-0.4, -0.2) is 14.9 Å². The Bertz CT molecular complexity index is 290. The molecule has 2 heteroatoms.